The number of anilines is 2. The van der Waals surface area contributed by atoms with E-state index >= 15 is 4.39 Å². The molecule has 5 rings (SSSR count). The van der Waals surface area contributed by atoms with Gasteiger partial charge in [0.1, 0.15) is 23.6 Å². The quantitative estimate of drug-likeness (QED) is 0.141. The Bertz CT molecular complexity index is 1450. The third-order valence-corrected chi connectivity index (χ3v) is 6.54. The largest absolute Gasteiger partial charge is 0.416 e. The van der Waals surface area contributed by atoms with Gasteiger partial charge < -0.3 is 15.0 Å². The number of nitrogens with zero attached hydrogens (tertiary/aromatic N) is 2. The summed E-state index contributed by atoms with van der Waals surface area (Å²) < 4.78 is 71.5. The molecule has 6 nitrogen and oxygen atoms in total. The number of hydrogen-bond acceptors (Lipinski definition) is 6. The second-order valence-electron chi connectivity index (χ2n) is 8.32. The molecule has 0 bridgehead atoms. The SMILES string of the molecule is O=C(c1c(F)ccc(NSc2cccc(C(F)(F)F)c2)c1F)c1c[nH]c2ncnc(NCC3CC3)c12. The van der Waals surface area contributed by atoms with Crippen LogP contribution in [0.2, 0.25) is 0 Å². The molecule has 2 aromatic carbocycles. The van der Waals surface area contributed by atoms with Crippen LogP contribution in [0.1, 0.15) is 34.3 Å². The normalized spacial score (nSPS) is 13.7. The number of aromatic amines is 1. The van der Waals surface area contributed by atoms with Gasteiger partial charge in [-0.25, -0.2) is 18.7 Å². The number of fused-ring (bicyclic) bond motifs is 1. The highest BCUT2D eigenvalue weighted by atomic mass is 32.2. The molecule has 186 valence electrons. The molecule has 4 aromatic rings. The number of ketones is 1. The fraction of sp³-hybridized carbons (Fsp3) is 0.208. The number of H-pyrrole nitrogens is 1. The van der Waals surface area contributed by atoms with E-state index in [0.29, 0.717) is 41.3 Å². The van der Waals surface area contributed by atoms with E-state index in [4.69, 9.17) is 0 Å². The highest BCUT2D eigenvalue weighted by Crippen LogP contribution is 2.34. The summed E-state index contributed by atoms with van der Waals surface area (Å²) in [6.45, 7) is 0.653. The lowest BCUT2D eigenvalue weighted by molar-refractivity contribution is -0.137. The molecule has 1 aliphatic carbocycles. The molecule has 12 heteroatoms. The molecule has 0 atom stereocenters. The van der Waals surface area contributed by atoms with Gasteiger partial charge in [0.2, 0.25) is 5.78 Å². The molecule has 2 aromatic heterocycles. The van der Waals surface area contributed by atoms with Crippen molar-refractivity contribution in [2.24, 2.45) is 5.92 Å². The second kappa shape index (κ2) is 9.41. The summed E-state index contributed by atoms with van der Waals surface area (Å²) in [4.78, 5) is 24.6. The van der Waals surface area contributed by atoms with Crippen LogP contribution in [-0.4, -0.2) is 27.3 Å². The lowest BCUT2D eigenvalue weighted by atomic mass is 10.0. The third-order valence-electron chi connectivity index (χ3n) is 5.73. The molecule has 0 amide bonds. The van der Waals surface area contributed by atoms with E-state index in [2.05, 4.69) is 25.0 Å². The molecule has 1 saturated carbocycles. The number of benzene rings is 2. The number of hydrogen-bond donors (Lipinski definition) is 3. The maximum Gasteiger partial charge on any atom is 0.416 e. The fourth-order valence-corrected chi connectivity index (χ4v) is 4.38. The van der Waals surface area contributed by atoms with E-state index in [9.17, 15) is 22.4 Å². The molecule has 36 heavy (non-hydrogen) atoms. The Hall–Kier alpha value is -3.67. The Balaban J connectivity index is 1.43. The van der Waals surface area contributed by atoms with Crippen molar-refractivity contribution in [1.29, 1.82) is 0 Å². The zero-order valence-electron chi connectivity index (χ0n) is 18.4. The van der Waals surface area contributed by atoms with Gasteiger partial charge in [-0.1, -0.05) is 6.07 Å². The van der Waals surface area contributed by atoms with Crippen molar-refractivity contribution >= 4 is 40.3 Å². The second-order valence-corrected chi connectivity index (χ2v) is 9.19. The van der Waals surface area contributed by atoms with E-state index in [1.807, 2.05) is 0 Å². The van der Waals surface area contributed by atoms with Crippen LogP contribution in [0.5, 0.6) is 0 Å². The first-order valence-corrected chi connectivity index (χ1v) is 11.7. The summed E-state index contributed by atoms with van der Waals surface area (Å²) in [5.74, 6) is -2.27. The zero-order chi connectivity index (χ0) is 25.4. The monoisotopic (exact) mass is 519 g/mol. The first-order valence-electron chi connectivity index (χ1n) is 10.9. The summed E-state index contributed by atoms with van der Waals surface area (Å²) >= 11 is 0.702. The van der Waals surface area contributed by atoms with Crippen molar-refractivity contribution in [2.45, 2.75) is 23.9 Å². The maximum absolute atomic E-state index is 15.3. The van der Waals surface area contributed by atoms with E-state index in [-0.39, 0.29) is 16.1 Å². The number of nitrogens with one attached hydrogen (secondary N) is 3. The van der Waals surface area contributed by atoms with Crippen LogP contribution in [0.25, 0.3) is 11.0 Å². The van der Waals surface area contributed by atoms with E-state index in [0.717, 1.165) is 37.1 Å². The first-order chi connectivity index (χ1) is 17.2. The summed E-state index contributed by atoms with van der Waals surface area (Å²) in [5.41, 5.74) is -1.60. The third kappa shape index (κ3) is 4.85. The molecule has 0 aliphatic heterocycles. The van der Waals surface area contributed by atoms with Crippen molar-refractivity contribution in [3.63, 3.8) is 0 Å². The summed E-state index contributed by atoms with van der Waals surface area (Å²) in [6.07, 6.45) is 0.288. The van der Waals surface area contributed by atoms with Gasteiger partial charge in [-0.3, -0.25) is 4.79 Å². The number of alkyl halides is 3. The summed E-state index contributed by atoms with van der Waals surface area (Å²) in [5, 5.41) is 3.49. The summed E-state index contributed by atoms with van der Waals surface area (Å²) in [7, 11) is 0. The molecule has 0 radical (unpaired) electrons. The number of halogens is 5. The molecule has 0 unspecified atom stereocenters. The van der Waals surface area contributed by atoms with Crippen molar-refractivity contribution in [2.75, 3.05) is 16.6 Å². The van der Waals surface area contributed by atoms with E-state index in [1.54, 1.807) is 0 Å². The number of aromatic nitrogens is 3. The van der Waals surface area contributed by atoms with Crippen LogP contribution >= 0.6 is 11.9 Å². The van der Waals surface area contributed by atoms with Crippen LogP contribution in [-0.2, 0) is 6.18 Å². The molecule has 2 heterocycles. The van der Waals surface area contributed by atoms with Gasteiger partial charge in [-0.05, 0) is 61.0 Å². The fourth-order valence-electron chi connectivity index (χ4n) is 3.66. The topological polar surface area (TPSA) is 82.7 Å². The Kier molecular flexibility index (Phi) is 6.29. The Morgan fingerprint density at radius 1 is 1.14 bits per heavy atom. The summed E-state index contributed by atoms with van der Waals surface area (Å²) in [6, 6.07) is 6.43. The molecule has 1 aliphatic rings. The van der Waals surface area contributed by atoms with E-state index < -0.39 is 34.7 Å². The Morgan fingerprint density at radius 3 is 2.69 bits per heavy atom. The molecule has 3 N–H and O–H groups in total. The van der Waals surface area contributed by atoms with Gasteiger partial charge in [-0.2, -0.15) is 13.2 Å². The van der Waals surface area contributed by atoms with Crippen LogP contribution in [0, 0.1) is 17.6 Å². The molecule has 0 saturated heterocycles. The average Bonchev–Trinajstić information content (AvgIpc) is 3.58. The lowest BCUT2D eigenvalue weighted by Gasteiger charge is -2.12. The predicted octanol–water partition coefficient (Wildman–Crippen LogP) is 6.43. The number of rotatable bonds is 8. The maximum atomic E-state index is 15.3. The van der Waals surface area contributed by atoms with Gasteiger partial charge in [0, 0.05) is 17.6 Å². The highest BCUT2D eigenvalue weighted by Gasteiger charge is 2.31. The first kappa shape index (κ1) is 24.0. The average molecular weight is 519 g/mol. The zero-order valence-corrected chi connectivity index (χ0v) is 19.2. The minimum absolute atomic E-state index is 0.00983. The van der Waals surface area contributed by atoms with Crippen molar-refractivity contribution in [1.82, 2.24) is 15.0 Å². The Morgan fingerprint density at radius 2 is 1.94 bits per heavy atom. The van der Waals surface area contributed by atoms with Gasteiger partial charge in [-0.15, -0.1) is 0 Å². The van der Waals surface area contributed by atoms with Gasteiger partial charge in [0.15, 0.2) is 5.82 Å². The predicted molar refractivity (Wildman–Crippen MR) is 126 cm³/mol. The molecule has 0 spiro atoms. The molecular formula is C24H18F5N5OS. The lowest BCUT2D eigenvalue weighted by Crippen LogP contribution is -2.11. The number of carbonyl (C=O) groups is 1. The van der Waals surface area contributed by atoms with Crippen molar-refractivity contribution < 1.29 is 26.7 Å². The van der Waals surface area contributed by atoms with Crippen molar-refractivity contribution in [3.05, 3.63) is 77.2 Å². The standard InChI is InChI=1S/C24H18F5N5OS/c25-16-6-7-17(34-36-14-3-1-2-13(8-14)24(27,28)29)20(26)19(16)21(35)15-10-31-23-18(15)22(32-11-33-23)30-9-12-4-5-12/h1-3,6-8,10-12,34H,4-5,9H2,(H2,30,31,32,33). The Labute approximate surface area is 205 Å². The van der Waals surface area contributed by atoms with E-state index in [1.165, 1.54) is 24.7 Å². The number of carbonyl (C=O) groups excluding carboxylic acids is 1. The smallest absolute Gasteiger partial charge is 0.369 e. The van der Waals surface area contributed by atoms with Gasteiger partial charge in [0.25, 0.3) is 0 Å². The molecular weight excluding hydrogens is 501 g/mol. The van der Waals surface area contributed by atoms with Crippen molar-refractivity contribution in [3.8, 4) is 0 Å². The van der Waals surface area contributed by atoms with Gasteiger partial charge >= 0.3 is 6.18 Å². The van der Waals surface area contributed by atoms with Gasteiger partial charge in [0.05, 0.1) is 27.8 Å². The molecule has 1 fully saturated rings. The highest BCUT2D eigenvalue weighted by molar-refractivity contribution is 8.00. The van der Waals surface area contributed by atoms with Crippen LogP contribution in [0.4, 0.5) is 33.5 Å². The minimum atomic E-state index is -4.54. The van der Waals surface area contributed by atoms with Crippen LogP contribution in [0.3, 0.4) is 0 Å². The minimum Gasteiger partial charge on any atom is -0.369 e. The van der Waals surface area contributed by atoms with Crippen LogP contribution in [0.15, 0.2) is 53.8 Å². The van der Waals surface area contributed by atoms with Crippen LogP contribution < -0.4 is 10.0 Å².